The van der Waals surface area contributed by atoms with E-state index in [4.69, 9.17) is 0 Å². The minimum absolute atomic E-state index is 0. The van der Waals surface area contributed by atoms with Crippen LogP contribution in [0, 0.1) is 0 Å². The van der Waals surface area contributed by atoms with Crippen LogP contribution in [0.1, 0.15) is 0 Å². The summed E-state index contributed by atoms with van der Waals surface area (Å²) in [6.45, 7) is -4.63. The molecule has 1 fully saturated rings. The van der Waals surface area contributed by atoms with Gasteiger partial charge in [0, 0.05) is 12.3 Å². The molecule has 0 spiro atoms. The number of nitrogens with zero attached hydrogens (tertiary/aromatic N) is 1. The van der Waals surface area contributed by atoms with E-state index < -0.39 is 18.7 Å². The van der Waals surface area contributed by atoms with Gasteiger partial charge in [0.25, 0.3) is 5.24 Å². The molecule has 0 N–H and O–H groups in total. The van der Waals surface area contributed by atoms with Crippen molar-refractivity contribution in [3.8, 4) is 0 Å². The molecule has 1 aliphatic rings. The summed E-state index contributed by atoms with van der Waals surface area (Å²) in [6.07, 6.45) is -1.05. The van der Waals surface area contributed by atoms with Crippen LogP contribution in [0.4, 0.5) is 17.7 Å². The first kappa shape index (κ1) is 13.3. The van der Waals surface area contributed by atoms with E-state index in [0.717, 1.165) is 16.7 Å². The van der Waals surface area contributed by atoms with Gasteiger partial charge in [-0.15, -0.1) is 0 Å². The number of thioether (sulfide) groups is 1. The Morgan fingerprint density at radius 1 is 1.50 bits per heavy atom. The van der Waals surface area contributed by atoms with Gasteiger partial charge in [-0.2, -0.15) is 0 Å². The molecule has 8 heteroatoms. The fourth-order valence-electron chi connectivity index (χ4n) is 0.841. The Balaban J connectivity index is 0.00000121. The molecule has 0 bridgehead atoms. The Labute approximate surface area is 115 Å². The van der Waals surface area contributed by atoms with Gasteiger partial charge in [-0.1, -0.05) is 11.8 Å². The maximum absolute atomic E-state index is 11.7. The van der Waals surface area contributed by atoms with Crippen molar-refractivity contribution in [3.05, 3.63) is 0 Å². The van der Waals surface area contributed by atoms with E-state index in [1.807, 2.05) is 0 Å². The van der Waals surface area contributed by atoms with Crippen molar-refractivity contribution in [2.45, 2.75) is 0 Å². The predicted octanol–water partition coefficient (Wildman–Crippen LogP) is -1.45. The van der Waals surface area contributed by atoms with E-state index in [2.05, 4.69) is 0 Å². The summed E-state index contributed by atoms with van der Waals surface area (Å²) in [7, 11) is 0. The number of hydrogen-bond acceptors (Lipinski definition) is 2. The Morgan fingerprint density at radius 3 is 2.42 bits per heavy atom. The molecule has 0 atom stereocenters. The third-order valence-corrected chi connectivity index (χ3v) is 2.16. The van der Waals surface area contributed by atoms with Gasteiger partial charge in [-0.25, -0.2) is 0 Å². The summed E-state index contributed by atoms with van der Waals surface area (Å²) in [5.74, 6) is 0.477. The third-order valence-electron chi connectivity index (χ3n) is 1.27. The number of halogens is 3. The Kier molecular flexibility index (Phi) is 5.83. The molecule has 0 radical (unpaired) electrons. The molecule has 0 aromatic carbocycles. The molecule has 2 nitrogen and oxygen atoms in total. The summed E-state index contributed by atoms with van der Waals surface area (Å²) >= 11 is 0.943. The SMILES string of the molecule is O=C1SCCN1C[B-](F)(F)F.[K+]. The van der Waals surface area contributed by atoms with Crippen LogP contribution in [0.15, 0.2) is 0 Å². The van der Waals surface area contributed by atoms with Gasteiger partial charge in [0.1, 0.15) is 0 Å². The van der Waals surface area contributed by atoms with E-state index in [1.54, 1.807) is 0 Å². The summed E-state index contributed by atoms with van der Waals surface area (Å²) in [6, 6.07) is 0. The molecular formula is C4H6BF3KNOS. The summed E-state index contributed by atoms with van der Waals surface area (Å²) in [5.41, 5.74) is 0. The van der Waals surface area contributed by atoms with E-state index in [1.165, 1.54) is 0 Å². The number of amides is 1. The number of hydrogen-bond donors (Lipinski definition) is 0. The van der Waals surface area contributed by atoms with Crippen molar-refractivity contribution >= 4 is 24.0 Å². The van der Waals surface area contributed by atoms with Crippen LogP contribution in [0.2, 0.25) is 0 Å². The molecule has 0 saturated carbocycles. The smallest absolute Gasteiger partial charge is 0.448 e. The van der Waals surface area contributed by atoms with E-state index in [-0.39, 0.29) is 57.9 Å². The van der Waals surface area contributed by atoms with Crippen molar-refractivity contribution in [1.82, 2.24) is 4.90 Å². The van der Waals surface area contributed by atoms with Crippen LogP contribution in [0.3, 0.4) is 0 Å². The molecule has 1 aliphatic heterocycles. The predicted molar refractivity (Wildman–Crippen MR) is 38.5 cm³/mol. The van der Waals surface area contributed by atoms with Gasteiger partial charge in [-0.05, 0) is 6.44 Å². The molecule has 0 unspecified atom stereocenters. The third kappa shape index (κ3) is 4.52. The standard InChI is InChI=1S/C4H6BF3NOS.K/c6-5(7,8)3-9-1-2-11-4(9)10;/h1-3H2;/q-1;+1. The molecule has 0 aromatic rings. The van der Waals surface area contributed by atoms with Crippen LogP contribution in [0.25, 0.3) is 0 Å². The van der Waals surface area contributed by atoms with Crippen LogP contribution in [0.5, 0.6) is 0 Å². The van der Waals surface area contributed by atoms with Crippen LogP contribution < -0.4 is 51.4 Å². The van der Waals surface area contributed by atoms with Gasteiger partial charge >= 0.3 is 58.4 Å². The molecule has 1 amide bonds. The zero-order valence-corrected chi connectivity index (χ0v) is 10.5. The monoisotopic (exact) mass is 223 g/mol. The number of carbonyl (C=O) groups is 1. The first-order valence-electron chi connectivity index (χ1n) is 3.12. The van der Waals surface area contributed by atoms with Crippen LogP contribution in [-0.4, -0.2) is 35.9 Å². The van der Waals surface area contributed by atoms with Crippen LogP contribution >= 0.6 is 11.8 Å². The minimum Gasteiger partial charge on any atom is -0.448 e. The molecular weight excluding hydrogens is 217 g/mol. The fourth-order valence-corrected chi connectivity index (χ4v) is 1.68. The Hall–Kier alpha value is 1.31. The Bertz CT molecular complexity index is 178. The average molecular weight is 223 g/mol. The Morgan fingerprint density at radius 2 is 2.08 bits per heavy atom. The molecule has 0 aliphatic carbocycles. The minimum atomic E-state index is -4.85. The van der Waals surface area contributed by atoms with Gasteiger partial charge in [0.15, 0.2) is 0 Å². The quantitative estimate of drug-likeness (QED) is 0.533. The first-order chi connectivity index (χ1) is 4.99. The largest absolute Gasteiger partial charge is 1.00 e. The summed E-state index contributed by atoms with van der Waals surface area (Å²) in [4.78, 5) is 11.5. The zero-order chi connectivity index (χ0) is 8.48. The molecule has 1 heterocycles. The summed E-state index contributed by atoms with van der Waals surface area (Å²) < 4.78 is 35.2. The van der Waals surface area contributed by atoms with E-state index in [0.29, 0.717) is 5.75 Å². The average Bonchev–Trinajstić information content (AvgIpc) is 2.12. The summed E-state index contributed by atoms with van der Waals surface area (Å²) in [5, 5.41) is -0.454. The maximum atomic E-state index is 11.7. The van der Waals surface area contributed by atoms with Crippen molar-refractivity contribution in [2.24, 2.45) is 0 Å². The maximum Gasteiger partial charge on any atom is 1.00 e. The van der Waals surface area contributed by atoms with Crippen molar-refractivity contribution in [2.75, 3.05) is 18.7 Å². The normalized spacial score (nSPS) is 17.9. The van der Waals surface area contributed by atoms with Crippen molar-refractivity contribution in [3.63, 3.8) is 0 Å². The molecule has 1 saturated heterocycles. The van der Waals surface area contributed by atoms with E-state index >= 15 is 0 Å². The van der Waals surface area contributed by atoms with Gasteiger partial charge in [0.05, 0.1) is 0 Å². The fraction of sp³-hybridized carbons (Fsp3) is 0.750. The van der Waals surface area contributed by atoms with Crippen LogP contribution in [-0.2, 0) is 0 Å². The van der Waals surface area contributed by atoms with Gasteiger partial charge in [0.2, 0.25) is 0 Å². The number of carbonyl (C=O) groups excluding carboxylic acids is 1. The molecule has 64 valence electrons. The molecule has 12 heavy (non-hydrogen) atoms. The molecule has 0 aromatic heterocycles. The second-order valence-corrected chi connectivity index (χ2v) is 3.32. The second-order valence-electron chi connectivity index (χ2n) is 2.27. The van der Waals surface area contributed by atoms with Crippen molar-refractivity contribution < 1.29 is 69.1 Å². The topological polar surface area (TPSA) is 20.3 Å². The molecule has 1 rings (SSSR count). The number of rotatable bonds is 2. The van der Waals surface area contributed by atoms with E-state index in [9.17, 15) is 17.7 Å². The van der Waals surface area contributed by atoms with Crippen molar-refractivity contribution in [1.29, 1.82) is 0 Å². The van der Waals surface area contributed by atoms with Gasteiger partial charge < -0.3 is 17.8 Å². The van der Waals surface area contributed by atoms with Gasteiger partial charge in [-0.3, -0.25) is 4.79 Å². The zero-order valence-electron chi connectivity index (χ0n) is 6.60. The first-order valence-corrected chi connectivity index (χ1v) is 4.10. The second kappa shape index (κ2) is 5.26.